The van der Waals surface area contributed by atoms with Crippen molar-refractivity contribution in [2.24, 2.45) is 0 Å². The Balaban J connectivity index is 2.86. The van der Waals surface area contributed by atoms with Crippen LogP contribution in [-0.2, 0) is 0 Å². The standard InChI is InChI=1S/C16H22F3N3O3/c1-3-6-22(7-8-23)15(25)21-13-9-12(5-4-11(13)2)14(24)20-10-16(17,18)19/h4-5,9,23H,3,6-8,10H2,1-2H3,(H,20,24)(H,21,25). The molecule has 6 nitrogen and oxygen atoms in total. The van der Waals surface area contributed by atoms with Gasteiger partial charge in [-0.2, -0.15) is 13.2 Å². The number of halogens is 3. The summed E-state index contributed by atoms with van der Waals surface area (Å²) in [5.41, 5.74) is 0.985. The maximum atomic E-state index is 12.2. The summed E-state index contributed by atoms with van der Waals surface area (Å²) in [5, 5.41) is 13.4. The van der Waals surface area contributed by atoms with E-state index >= 15 is 0 Å². The number of carbonyl (C=O) groups is 2. The van der Waals surface area contributed by atoms with Crippen molar-refractivity contribution >= 4 is 17.6 Å². The van der Waals surface area contributed by atoms with Crippen LogP contribution in [0.3, 0.4) is 0 Å². The van der Waals surface area contributed by atoms with E-state index in [2.05, 4.69) is 5.32 Å². The van der Waals surface area contributed by atoms with Gasteiger partial charge in [0.05, 0.1) is 6.61 Å². The first-order valence-corrected chi connectivity index (χ1v) is 7.80. The number of aliphatic hydroxyl groups is 1. The molecule has 1 rings (SSSR count). The van der Waals surface area contributed by atoms with Gasteiger partial charge in [-0.15, -0.1) is 0 Å². The molecule has 0 heterocycles. The molecule has 3 amide bonds. The van der Waals surface area contributed by atoms with Gasteiger partial charge < -0.3 is 20.6 Å². The molecule has 1 aromatic rings. The van der Waals surface area contributed by atoms with Crippen LogP contribution in [-0.4, -0.2) is 54.4 Å². The van der Waals surface area contributed by atoms with E-state index in [1.807, 2.05) is 6.92 Å². The monoisotopic (exact) mass is 361 g/mol. The number of anilines is 1. The maximum absolute atomic E-state index is 12.2. The summed E-state index contributed by atoms with van der Waals surface area (Å²) < 4.78 is 36.6. The summed E-state index contributed by atoms with van der Waals surface area (Å²) in [4.78, 5) is 25.5. The Hall–Kier alpha value is -2.29. The highest BCUT2D eigenvalue weighted by atomic mass is 19.4. The molecule has 1 aromatic carbocycles. The molecule has 0 aliphatic heterocycles. The summed E-state index contributed by atoms with van der Waals surface area (Å²) in [5.74, 6) is -0.881. The molecule has 3 N–H and O–H groups in total. The number of aryl methyl sites for hydroxylation is 1. The lowest BCUT2D eigenvalue weighted by atomic mass is 10.1. The Kier molecular flexibility index (Phi) is 7.69. The molecule has 0 aliphatic rings. The van der Waals surface area contributed by atoms with Crippen LogP contribution < -0.4 is 10.6 Å². The summed E-state index contributed by atoms with van der Waals surface area (Å²) in [7, 11) is 0. The van der Waals surface area contributed by atoms with Gasteiger partial charge in [0.2, 0.25) is 0 Å². The van der Waals surface area contributed by atoms with E-state index in [4.69, 9.17) is 5.11 Å². The number of carbonyl (C=O) groups excluding carboxylic acids is 2. The molecular weight excluding hydrogens is 339 g/mol. The fourth-order valence-electron chi connectivity index (χ4n) is 2.08. The zero-order valence-corrected chi connectivity index (χ0v) is 14.1. The van der Waals surface area contributed by atoms with Crippen LogP contribution in [0.4, 0.5) is 23.7 Å². The van der Waals surface area contributed by atoms with E-state index in [1.165, 1.54) is 23.1 Å². The lowest BCUT2D eigenvalue weighted by Gasteiger charge is -2.22. The second kappa shape index (κ2) is 9.26. The highest BCUT2D eigenvalue weighted by molar-refractivity contribution is 5.97. The summed E-state index contributed by atoms with van der Waals surface area (Å²) in [6, 6.07) is 3.79. The highest BCUT2D eigenvalue weighted by Gasteiger charge is 2.28. The van der Waals surface area contributed by atoms with E-state index in [-0.39, 0.29) is 18.7 Å². The Labute approximate surface area is 144 Å². The Morgan fingerprint density at radius 1 is 1.24 bits per heavy atom. The van der Waals surface area contributed by atoms with Crippen molar-refractivity contribution in [2.75, 3.05) is 31.6 Å². The van der Waals surface area contributed by atoms with Crippen molar-refractivity contribution in [1.29, 1.82) is 0 Å². The van der Waals surface area contributed by atoms with Gasteiger partial charge in [0.25, 0.3) is 5.91 Å². The number of alkyl halides is 3. The third-order valence-corrected chi connectivity index (χ3v) is 3.34. The average molecular weight is 361 g/mol. The number of aliphatic hydroxyl groups excluding tert-OH is 1. The van der Waals surface area contributed by atoms with Crippen LogP contribution in [0.15, 0.2) is 18.2 Å². The first-order valence-electron chi connectivity index (χ1n) is 7.80. The number of nitrogens with zero attached hydrogens (tertiary/aromatic N) is 1. The first-order chi connectivity index (χ1) is 11.7. The summed E-state index contributed by atoms with van der Waals surface area (Å²) >= 11 is 0. The Morgan fingerprint density at radius 3 is 2.48 bits per heavy atom. The minimum Gasteiger partial charge on any atom is -0.395 e. The molecule has 0 spiro atoms. The number of hydrogen-bond donors (Lipinski definition) is 3. The third-order valence-electron chi connectivity index (χ3n) is 3.34. The van der Waals surface area contributed by atoms with E-state index in [1.54, 1.807) is 12.2 Å². The topological polar surface area (TPSA) is 81.7 Å². The smallest absolute Gasteiger partial charge is 0.395 e. The van der Waals surface area contributed by atoms with Crippen molar-refractivity contribution in [3.8, 4) is 0 Å². The van der Waals surface area contributed by atoms with Crippen molar-refractivity contribution in [2.45, 2.75) is 26.4 Å². The predicted molar refractivity (Wildman–Crippen MR) is 87.5 cm³/mol. The van der Waals surface area contributed by atoms with Crippen LogP contribution in [0.1, 0.15) is 29.3 Å². The van der Waals surface area contributed by atoms with E-state index < -0.39 is 24.7 Å². The van der Waals surface area contributed by atoms with Crippen LogP contribution in [0, 0.1) is 6.92 Å². The largest absolute Gasteiger partial charge is 0.405 e. The fourth-order valence-corrected chi connectivity index (χ4v) is 2.08. The van der Waals surface area contributed by atoms with E-state index in [9.17, 15) is 22.8 Å². The molecule has 0 radical (unpaired) electrons. The zero-order chi connectivity index (χ0) is 19.0. The van der Waals surface area contributed by atoms with Crippen molar-refractivity contribution in [3.05, 3.63) is 29.3 Å². The molecular formula is C16H22F3N3O3. The summed E-state index contributed by atoms with van der Waals surface area (Å²) in [6.07, 6.45) is -3.80. The number of benzene rings is 1. The molecule has 0 aromatic heterocycles. The quantitative estimate of drug-likeness (QED) is 0.698. The van der Waals surface area contributed by atoms with Crippen molar-refractivity contribution in [1.82, 2.24) is 10.2 Å². The molecule has 0 bridgehead atoms. The first kappa shape index (κ1) is 20.8. The molecule has 0 saturated heterocycles. The maximum Gasteiger partial charge on any atom is 0.405 e. The molecule has 0 aliphatic carbocycles. The molecule has 140 valence electrons. The Bertz CT molecular complexity index is 600. The number of nitrogens with one attached hydrogen (secondary N) is 2. The van der Waals surface area contributed by atoms with Gasteiger partial charge in [0, 0.05) is 24.3 Å². The van der Waals surface area contributed by atoms with Gasteiger partial charge in [-0.05, 0) is 31.0 Å². The second-order valence-electron chi connectivity index (χ2n) is 5.47. The third kappa shape index (κ3) is 7.00. The van der Waals surface area contributed by atoms with Gasteiger partial charge in [-0.25, -0.2) is 4.79 Å². The van der Waals surface area contributed by atoms with Crippen LogP contribution in [0.2, 0.25) is 0 Å². The minimum absolute atomic E-state index is 0.00866. The van der Waals surface area contributed by atoms with Gasteiger partial charge in [-0.3, -0.25) is 4.79 Å². The predicted octanol–water partition coefficient (Wildman–Crippen LogP) is 2.52. The number of hydrogen-bond acceptors (Lipinski definition) is 3. The fraction of sp³-hybridized carbons (Fsp3) is 0.500. The molecule has 0 saturated carbocycles. The van der Waals surface area contributed by atoms with Crippen LogP contribution in [0.5, 0.6) is 0 Å². The van der Waals surface area contributed by atoms with Gasteiger partial charge in [0.1, 0.15) is 6.54 Å². The second-order valence-corrected chi connectivity index (χ2v) is 5.47. The van der Waals surface area contributed by atoms with Gasteiger partial charge >= 0.3 is 12.2 Å². The highest BCUT2D eigenvalue weighted by Crippen LogP contribution is 2.18. The number of rotatable bonds is 7. The molecule has 0 atom stereocenters. The van der Waals surface area contributed by atoms with Crippen molar-refractivity contribution in [3.63, 3.8) is 0 Å². The summed E-state index contributed by atoms with van der Waals surface area (Å²) in [6.45, 7) is 2.56. The number of amides is 3. The normalized spacial score (nSPS) is 11.1. The van der Waals surface area contributed by atoms with Crippen molar-refractivity contribution < 1.29 is 27.9 Å². The van der Waals surface area contributed by atoms with Gasteiger partial charge in [-0.1, -0.05) is 13.0 Å². The Morgan fingerprint density at radius 2 is 1.92 bits per heavy atom. The molecule has 0 fully saturated rings. The van der Waals surface area contributed by atoms with Crippen LogP contribution in [0.25, 0.3) is 0 Å². The van der Waals surface area contributed by atoms with E-state index in [0.717, 1.165) is 0 Å². The zero-order valence-electron chi connectivity index (χ0n) is 14.1. The van der Waals surface area contributed by atoms with E-state index in [0.29, 0.717) is 24.2 Å². The minimum atomic E-state index is -4.50. The lowest BCUT2D eigenvalue weighted by molar-refractivity contribution is -0.123. The molecule has 0 unspecified atom stereocenters. The van der Waals surface area contributed by atoms with Crippen LogP contribution >= 0.6 is 0 Å². The van der Waals surface area contributed by atoms with Gasteiger partial charge in [0.15, 0.2) is 0 Å². The lowest BCUT2D eigenvalue weighted by Crippen LogP contribution is -2.37. The average Bonchev–Trinajstić information content (AvgIpc) is 2.53. The number of urea groups is 1. The SMILES string of the molecule is CCCN(CCO)C(=O)Nc1cc(C(=O)NCC(F)(F)F)ccc1C. The molecule has 25 heavy (non-hydrogen) atoms. The molecule has 9 heteroatoms.